The van der Waals surface area contributed by atoms with Gasteiger partial charge in [-0.15, -0.1) is 0 Å². The average Bonchev–Trinajstić information content (AvgIpc) is 2.76. The molecule has 0 amide bonds. The van der Waals surface area contributed by atoms with E-state index in [1.165, 1.54) is 77.0 Å². The normalized spacial score (nSPS) is 16.4. The number of unbranched alkanes of at least 4 members (excludes halogenated alkanes) is 3. The van der Waals surface area contributed by atoms with E-state index in [-0.39, 0.29) is 5.97 Å². The van der Waals surface area contributed by atoms with Crippen LogP contribution in [0.1, 0.15) is 126 Å². The van der Waals surface area contributed by atoms with Crippen molar-refractivity contribution in [3.05, 3.63) is 12.2 Å². The van der Waals surface area contributed by atoms with Gasteiger partial charge in [-0.2, -0.15) is 0 Å². The molecular formula is C28H56O2Si. The molecule has 3 unspecified atom stereocenters. The van der Waals surface area contributed by atoms with Gasteiger partial charge in [0.15, 0.2) is 0 Å². The Hall–Kier alpha value is -0.573. The van der Waals surface area contributed by atoms with Gasteiger partial charge in [0.2, 0.25) is 0 Å². The summed E-state index contributed by atoms with van der Waals surface area (Å²) in [6.07, 6.45) is 15.1. The summed E-state index contributed by atoms with van der Waals surface area (Å²) in [5.41, 5.74) is 0.571. The number of hydrogen-bond acceptors (Lipinski definition) is 2. The van der Waals surface area contributed by atoms with Gasteiger partial charge >= 0.3 is 5.97 Å². The van der Waals surface area contributed by atoms with E-state index in [0.717, 1.165) is 18.1 Å². The van der Waals surface area contributed by atoms with Gasteiger partial charge in [0.1, 0.15) is 0 Å². The zero-order valence-corrected chi connectivity index (χ0v) is 23.4. The molecule has 0 bridgehead atoms. The van der Waals surface area contributed by atoms with E-state index in [4.69, 9.17) is 4.43 Å². The minimum absolute atomic E-state index is 0.118. The molecular weight excluding hydrogens is 396 g/mol. The average molecular weight is 453 g/mol. The molecule has 0 aromatic rings. The Morgan fingerprint density at radius 1 is 0.710 bits per heavy atom. The molecule has 0 aliphatic heterocycles. The lowest BCUT2D eigenvalue weighted by atomic mass is 10.0. The molecule has 0 rings (SSSR count). The first-order valence-corrected chi connectivity index (χ1v) is 16.2. The Kier molecular flexibility index (Phi) is 17.6. The molecule has 0 heterocycles. The lowest BCUT2D eigenvalue weighted by Crippen LogP contribution is -2.45. The minimum atomic E-state index is -2.23. The highest BCUT2D eigenvalue weighted by Crippen LogP contribution is 2.40. The highest BCUT2D eigenvalue weighted by Gasteiger charge is 2.43. The van der Waals surface area contributed by atoms with Gasteiger partial charge in [0, 0.05) is 5.57 Å². The molecule has 3 atom stereocenters. The number of carbonyl (C=O) groups is 1. The number of carbonyl (C=O) groups excluding carboxylic acids is 1. The largest absolute Gasteiger partial charge is 0.516 e. The van der Waals surface area contributed by atoms with E-state index in [1.54, 1.807) is 0 Å². The van der Waals surface area contributed by atoms with Crippen LogP contribution < -0.4 is 0 Å². The van der Waals surface area contributed by atoms with E-state index in [0.29, 0.717) is 23.3 Å². The van der Waals surface area contributed by atoms with Crippen LogP contribution in [0.3, 0.4) is 0 Å². The fourth-order valence-corrected chi connectivity index (χ4v) is 11.0. The molecule has 2 nitrogen and oxygen atoms in total. The van der Waals surface area contributed by atoms with Crippen LogP contribution >= 0.6 is 0 Å². The van der Waals surface area contributed by atoms with E-state index < -0.39 is 8.32 Å². The maximum absolute atomic E-state index is 12.9. The monoisotopic (exact) mass is 452 g/mol. The van der Waals surface area contributed by atoms with E-state index >= 15 is 0 Å². The lowest BCUT2D eigenvalue weighted by Gasteiger charge is -2.39. The van der Waals surface area contributed by atoms with Crippen molar-refractivity contribution in [3.8, 4) is 0 Å². The predicted octanol–water partition coefficient (Wildman–Crippen LogP) is 9.70. The van der Waals surface area contributed by atoms with Gasteiger partial charge in [-0.25, -0.2) is 4.79 Å². The topological polar surface area (TPSA) is 26.3 Å². The third-order valence-corrected chi connectivity index (χ3v) is 11.9. The Balaban J connectivity index is 6.00. The number of rotatable bonds is 20. The van der Waals surface area contributed by atoms with Crippen LogP contribution in [0.25, 0.3) is 0 Å². The van der Waals surface area contributed by atoms with Crippen LogP contribution in [0.4, 0.5) is 0 Å². The van der Waals surface area contributed by atoms with Gasteiger partial charge in [-0.3, -0.25) is 0 Å². The second-order valence-corrected chi connectivity index (χ2v) is 14.0. The van der Waals surface area contributed by atoms with Crippen LogP contribution in [-0.4, -0.2) is 14.3 Å². The van der Waals surface area contributed by atoms with Crippen LogP contribution in [-0.2, 0) is 9.22 Å². The van der Waals surface area contributed by atoms with Crippen molar-refractivity contribution >= 4 is 14.3 Å². The molecule has 0 fully saturated rings. The summed E-state index contributed by atoms with van der Waals surface area (Å²) in [5, 5.41) is 0. The summed E-state index contributed by atoms with van der Waals surface area (Å²) in [4.78, 5) is 12.9. The van der Waals surface area contributed by atoms with Crippen molar-refractivity contribution in [2.45, 2.75) is 144 Å². The standard InChI is InChI=1S/C28H56O2Si/c1-9-15-18-25(12-4)21-31(30-28(29)24(7)8,22-26(13-5)19-16-10-2)23-27(14-6)20-17-11-3/h25-27H,7,9-23H2,1-6,8H3. The van der Waals surface area contributed by atoms with Gasteiger partial charge in [0.05, 0.1) is 0 Å². The molecule has 0 aliphatic carbocycles. The van der Waals surface area contributed by atoms with Gasteiger partial charge in [-0.05, 0) is 42.8 Å². The van der Waals surface area contributed by atoms with E-state index in [2.05, 4.69) is 48.1 Å². The lowest BCUT2D eigenvalue weighted by molar-refractivity contribution is -0.131. The molecule has 184 valence electrons. The Morgan fingerprint density at radius 2 is 1.03 bits per heavy atom. The molecule has 31 heavy (non-hydrogen) atoms. The second kappa shape index (κ2) is 17.9. The zero-order chi connectivity index (χ0) is 23.7. The van der Waals surface area contributed by atoms with Crippen molar-refractivity contribution in [2.75, 3.05) is 0 Å². The Bertz CT molecular complexity index is 428. The van der Waals surface area contributed by atoms with Crippen molar-refractivity contribution in [1.29, 1.82) is 0 Å². The summed E-state index contributed by atoms with van der Waals surface area (Å²) in [5.74, 6) is 1.96. The maximum atomic E-state index is 12.9. The highest BCUT2D eigenvalue weighted by atomic mass is 28.4. The number of hydrogen-bond donors (Lipinski definition) is 0. The third kappa shape index (κ3) is 12.9. The molecule has 0 saturated carbocycles. The molecule has 0 aliphatic rings. The molecule has 0 aromatic carbocycles. The van der Waals surface area contributed by atoms with Crippen molar-refractivity contribution in [2.24, 2.45) is 17.8 Å². The van der Waals surface area contributed by atoms with Crippen LogP contribution in [0.5, 0.6) is 0 Å². The van der Waals surface area contributed by atoms with Crippen LogP contribution in [0.2, 0.25) is 18.1 Å². The fraction of sp³-hybridized carbons (Fsp3) is 0.893. The van der Waals surface area contributed by atoms with Crippen molar-refractivity contribution < 1.29 is 9.22 Å². The zero-order valence-electron chi connectivity index (χ0n) is 22.4. The highest BCUT2D eigenvalue weighted by molar-refractivity contribution is 6.75. The second-order valence-electron chi connectivity index (χ2n) is 10.2. The molecule has 0 N–H and O–H groups in total. The maximum Gasteiger partial charge on any atom is 0.319 e. The van der Waals surface area contributed by atoms with E-state index in [9.17, 15) is 4.79 Å². The summed E-state index contributed by atoms with van der Waals surface area (Å²) < 4.78 is 6.64. The predicted molar refractivity (Wildman–Crippen MR) is 141 cm³/mol. The van der Waals surface area contributed by atoms with E-state index in [1.807, 2.05) is 6.92 Å². The van der Waals surface area contributed by atoms with Crippen molar-refractivity contribution in [1.82, 2.24) is 0 Å². The first kappa shape index (κ1) is 30.4. The smallest absolute Gasteiger partial charge is 0.319 e. The van der Waals surface area contributed by atoms with Crippen LogP contribution in [0.15, 0.2) is 12.2 Å². The SMILES string of the molecule is C=C(C)C(=O)O[Si](CC(CC)CCCC)(CC(CC)CCCC)CC(CC)CCCC. The van der Waals surface area contributed by atoms with Gasteiger partial charge < -0.3 is 4.43 Å². The molecule has 0 spiro atoms. The molecule has 0 aromatic heterocycles. The van der Waals surface area contributed by atoms with Crippen molar-refractivity contribution in [3.63, 3.8) is 0 Å². The molecule has 3 heteroatoms. The quantitative estimate of drug-likeness (QED) is 0.136. The summed E-state index contributed by atoms with van der Waals surface area (Å²) in [6, 6.07) is 3.48. The van der Waals surface area contributed by atoms with Gasteiger partial charge in [0.25, 0.3) is 8.32 Å². The summed E-state index contributed by atoms with van der Waals surface area (Å²) >= 11 is 0. The Labute approximate surface area is 197 Å². The summed E-state index contributed by atoms with van der Waals surface area (Å²) in [6.45, 7) is 19.6. The molecule has 0 saturated heterocycles. The first-order valence-electron chi connectivity index (χ1n) is 13.7. The fourth-order valence-electron chi connectivity index (χ4n) is 5.07. The summed E-state index contributed by atoms with van der Waals surface area (Å²) in [7, 11) is -2.23. The first-order chi connectivity index (χ1) is 14.8. The van der Waals surface area contributed by atoms with Gasteiger partial charge in [-0.1, -0.05) is 125 Å². The van der Waals surface area contributed by atoms with Crippen LogP contribution in [0, 0.1) is 17.8 Å². The molecule has 0 radical (unpaired) electrons. The minimum Gasteiger partial charge on any atom is -0.516 e. The Morgan fingerprint density at radius 3 is 1.26 bits per heavy atom. The third-order valence-electron chi connectivity index (χ3n) is 7.27.